The van der Waals surface area contributed by atoms with Gasteiger partial charge in [-0.2, -0.15) is 5.10 Å². The normalized spacial score (nSPS) is 12.5. The molecule has 0 aromatic carbocycles. The molecule has 0 unspecified atom stereocenters. The van der Waals surface area contributed by atoms with Crippen molar-refractivity contribution in [2.24, 2.45) is 7.05 Å². The third-order valence-corrected chi connectivity index (χ3v) is 5.51. The van der Waals surface area contributed by atoms with Crippen LogP contribution >= 0.6 is 23.1 Å². The van der Waals surface area contributed by atoms with E-state index >= 15 is 0 Å². The smallest absolute Gasteiger partial charge is 0.237 e. The molecule has 3 aromatic heterocycles. The SMILES string of the molecule is Cc1nn(C)c(C)c1NC(=O)[C@@H](C)Sc1nc(N)c2ccsc2n1. The first-order valence-corrected chi connectivity index (χ1v) is 9.11. The van der Waals surface area contributed by atoms with Gasteiger partial charge in [0, 0.05) is 7.05 Å². The number of rotatable bonds is 4. The Kier molecular flexibility index (Phi) is 4.46. The molecule has 0 aliphatic carbocycles. The van der Waals surface area contributed by atoms with E-state index in [1.807, 2.05) is 39.3 Å². The van der Waals surface area contributed by atoms with E-state index < -0.39 is 0 Å². The lowest BCUT2D eigenvalue weighted by atomic mass is 10.3. The monoisotopic (exact) mass is 362 g/mol. The predicted molar refractivity (Wildman–Crippen MR) is 98.5 cm³/mol. The average molecular weight is 362 g/mol. The van der Waals surface area contributed by atoms with Gasteiger partial charge in [0.25, 0.3) is 0 Å². The van der Waals surface area contributed by atoms with E-state index in [2.05, 4.69) is 20.4 Å². The number of nitrogens with zero attached hydrogens (tertiary/aromatic N) is 4. The molecular formula is C15H18N6OS2. The van der Waals surface area contributed by atoms with Crippen LogP contribution in [0.5, 0.6) is 0 Å². The van der Waals surface area contributed by atoms with Crippen LogP contribution in [0.3, 0.4) is 0 Å². The van der Waals surface area contributed by atoms with Crippen LogP contribution in [-0.4, -0.2) is 30.9 Å². The third kappa shape index (κ3) is 3.09. The number of hydrogen-bond donors (Lipinski definition) is 2. The fourth-order valence-electron chi connectivity index (χ4n) is 2.30. The Morgan fingerprint density at radius 1 is 1.42 bits per heavy atom. The van der Waals surface area contributed by atoms with Gasteiger partial charge in [-0.05, 0) is 32.2 Å². The number of thiophene rings is 1. The standard InChI is InChI=1S/C15H18N6OS2/c1-7-11(8(2)21(4)20-7)17-13(22)9(3)24-15-18-12(16)10-5-6-23-14(10)19-15/h5-6,9H,1-4H3,(H,17,22)(H2,16,18,19)/t9-/m1/s1. The molecule has 0 saturated heterocycles. The summed E-state index contributed by atoms with van der Waals surface area (Å²) in [5.41, 5.74) is 8.41. The maximum Gasteiger partial charge on any atom is 0.237 e. The Morgan fingerprint density at radius 3 is 2.83 bits per heavy atom. The largest absolute Gasteiger partial charge is 0.383 e. The molecule has 3 rings (SSSR count). The summed E-state index contributed by atoms with van der Waals surface area (Å²) in [7, 11) is 1.85. The number of anilines is 2. The summed E-state index contributed by atoms with van der Waals surface area (Å²) in [5.74, 6) is 0.322. The Hall–Kier alpha value is -2.13. The molecule has 1 amide bonds. The fourth-order valence-corrected chi connectivity index (χ4v) is 3.91. The number of fused-ring (bicyclic) bond motifs is 1. The second-order valence-electron chi connectivity index (χ2n) is 5.45. The summed E-state index contributed by atoms with van der Waals surface area (Å²) in [6.07, 6.45) is 0. The third-order valence-electron chi connectivity index (χ3n) is 3.74. The van der Waals surface area contributed by atoms with Gasteiger partial charge in [0.2, 0.25) is 5.91 Å². The number of aryl methyl sites for hydroxylation is 2. The number of carbonyl (C=O) groups is 1. The van der Waals surface area contributed by atoms with Gasteiger partial charge >= 0.3 is 0 Å². The van der Waals surface area contributed by atoms with Gasteiger partial charge in [0.1, 0.15) is 10.6 Å². The molecule has 3 N–H and O–H groups in total. The minimum absolute atomic E-state index is 0.118. The predicted octanol–water partition coefficient (Wildman–Crippen LogP) is 2.74. The molecule has 24 heavy (non-hydrogen) atoms. The van der Waals surface area contributed by atoms with Crippen molar-refractivity contribution in [2.45, 2.75) is 31.2 Å². The Balaban J connectivity index is 1.75. The number of hydrogen-bond acceptors (Lipinski definition) is 7. The zero-order chi connectivity index (χ0) is 17.4. The summed E-state index contributed by atoms with van der Waals surface area (Å²) < 4.78 is 1.75. The Bertz CT molecular complexity index is 916. The molecule has 0 radical (unpaired) electrons. The lowest BCUT2D eigenvalue weighted by Gasteiger charge is -2.11. The molecular weight excluding hydrogens is 344 g/mol. The van der Waals surface area contributed by atoms with Crippen LogP contribution in [0, 0.1) is 13.8 Å². The molecule has 3 heterocycles. The molecule has 3 aromatic rings. The average Bonchev–Trinajstić information content (AvgIpc) is 3.08. The number of nitrogen functional groups attached to an aromatic ring is 1. The summed E-state index contributed by atoms with van der Waals surface area (Å²) in [5, 5.41) is 10.2. The molecule has 0 spiro atoms. The molecule has 0 aliphatic heterocycles. The van der Waals surface area contributed by atoms with Gasteiger partial charge in [-0.25, -0.2) is 9.97 Å². The minimum atomic E-state index is -0.360. The second kappa shape index (κ2) is 6.40. The number of amides is 1. The maximum atomic E-state index is 12.5. The quantitative estimate of drug-likeness (QED) is 0.547. The van der Waals surface area contributed by atoms with E-state index in [-0.39, 0.29) is 11.2 Å². The minimum Gasteiger partial charge on any atom is -0.383 e. The highest BCUT2D eigenvalue weighted by Crippen LogP contribution is 2.29. The van der Waals surface area contributed by atoms with E-state index in [4.69, 9.17) is 5.73 Å². The van der Waals surface area contributed by atoms with Crippen LogP contribution in [-0.2, 0) is 11.8 Å². The van der Waals surface area contributed by atoms with Crippen LogP contribution < -0.4 is 11.1 Å². The van der Waals surface area contributed by atoms with Gasteiger partial charge in [-0.1, -0.05) is 11.8 Å². The number of thioether (sulfide) groups is 1. The highest BCUT2D eigenvalue weighted by atomic mass is 32.2. The summed E-state index contributed by atoms with van der Waals surface area (Å²) >= 11 is 2.79. The van der Waals surface area contributed by atoms with Crippen LogP contribution in [0.1, 0.15) is 18.3 Å². The van der Waals surface area contributed by atoms with Crippen molar-refractivity contribution < 1.29 is 4.79 Å². The maximum absolute atomic E-state index is 12.5. The summed E-state index contributed by atoms with van der Waals surface area (Å²) in [4.78, 5) is 22.0. The van der Waals surface area contributed by atoms with E-state index in [0.717, 1.165) is 27.3 Å². The fraction of sp³-hybridized carbons (Fsp3) is 0.333. The van der Waals surface area contributed by atoms with Crippen molar-refractivity contribution in [3.8, 4) is 0 Å². The lowest BCUT2D eigenvalue weighted by Crippen LogP contribution is -2.23. The molecule has 9 heteroatoms. The van der Waals surface area contributed by atoms with E-state index in [1.165, 1.54) is 23.1 Å². The van der Waals surface area contributed by atoms with Gasteiger partial charge in [-0.3, -0.25) is 9.48 Å². The summed E-state index contributed by atoms with van der Waals surface area (Å²) in [6, 6.07) is 1.90. The first kappa shape index (κ1) is 16.7. The summed E-state index contributed by atoms with van der Waals surface area (Å²) in [6.45, 7) is 5.61. The second-order valence-corrected chi connectivity index (χ2v) is 7.65. The highest BCUT2D eigenvalue weighted by molar-refractivity contribution is 8.00. The van der Waals surface area contributed by atoms with E-state index in [0.29, 0.717) is 11.0 Å². The van der Waals surface area contributed by atoms with Crippen molar-refractivity contribution in [3.05, 3.63) is 22.8 Å². The number of nitrogens with one attached hydrogen (secondary N) is 1. The molecule has 7 nitrogen and oxygen atoms in total. The van der Waals surface area contributed by atoms with E-state index in [1.54, 1.807) is 4.68 Å². The first-order valence-electron chi connectivity index (χ1n) is 7.35. The first-order chi connectivity index (χ1) is 11.4. The topological polar surface area (TPSA) is 98.7 Å². The van der Waals surface area contributed by atoms with Crippen molar-refractivity contribution in [1.82, 2.24) is 19.7 Å². The molecule has 0 saturated carbocycles. The number of aromatic nitrogens is 4. The number of carbonyl (C=O) groups excluding carboxylic acids is 1. The molecule has 0 fully saturated rings. The molecule has 0 bridgehead atoms. The molecule has 126 valence electrons. The Morgan fingerprint density at radius 2 is 2.17 bits per heavy atom. The van der Waals surface area contributed by atoms with Crippen molar-refractivity contribution in [2.75, 3.05) is 11.1 Å². The highest BCUT2D eigenvalue weighted by Gasteiger charge is 2.20. The van der Waals surface area contributed by atoms with Gasteiger partial charge in [0.15, 0.2) is 5.16 Å². The van der Waals surface area contributed by atoms with Gasteiger partial charge in [-0.15, -0.1) is 11.3 Å². The van der Waals surface area contributed by atoms with Crippen molar-refractivity contribution in [3.63, 3.8) is 0 Å². The molecule has 1 atom stereocenters. The van der Waals surface area contributed by atoms with Crippen LogP contribution in [0.25, 0.3) is 10.2 Å². The van der Waals surface area contributed by atoms with Gasteiger partial charge < -0.3 is 11.1 Å². The van der Waals surface area contributed by atoms with E-state index in [9.17, 15) is 4.79 Å². The lowest BCUT2D eigenvalue weighted by molar-refractivity contribution is -0.115. The Labute approximate surface area is 147 Å². The van der Waals surface area contributed by atoms with Crippen LogP contribution in [0.4, 0.5) is 11.5 Å². The van der Waals surface area contributed by atoms with Gasteiger partial charge in [0.05, 0.1) is 27.7 Å². The van der Waals surface area contributed by atoms with Crippen molar-refractivity contribution in [1.29, 1.82) is 0 Å². The van der Waals surface area contributed by atoms with Crippen LogP contribution in [0.15, 0.2) is 16.6 Å². The molecule has 0 aliphatic rings. The van der Waals surface area contributed by atoms with Crippen molar-refractivity contribution >= 4 is 50.7 Å². The zero-order valence-electron chi connectivity index (χ0n) is 13.8. The number of nitrogens with two attached hydrogens (primary N) is 1. The zero-order valence-corrected chi connectivity index (χ0v) is 15.5. The van der Waals surface area contributed by atoms with Crippen LogP contribution in [0.2, 0.25) is 0 Å².